The maximum atomic E-state index is 12.2. The SMILES string of the molecule is CC(C)NC(=O)CNC(=O)C[NH+]1CCC[C@H]1c1ccc2c(c1)OCCO2. The first-order valence-electron chi connectivity index (χ1n) is 9.33. The van der Waals surface area contributed by atoms with Gasteiger partial charge in [0.2, 0.25) is 5.91 Å². The summed E-state index contributed by atoms with van der Waals surface area (Å²) in [6, 6.07) is 6.40. The molecule has 1 aromatic rings. The zero-order chi connectivity index (χ0) is 18.5. The van der Waals surface area contributed by atoms with Crippen molar-refractivity contribution in [3.63, 3.8) is 0 Å². The lowest BCUT2D eigenvalue weighted by Gasteiger charge is -2.24. The predicted octanol–water partition coefficient (Wildman–Crippen LogP) is -0.182. The lowest BCUT2D eigenvalue weighted by atomic mass is 10.0. The molecule has 0 aromatic heterocycles. The van der Waals surface area contributed by atoms with Gasteiger partial charge in [-0.1, -0.05) is 0 Å². The maximum Gasteiger partial charge on any atom is 0.275 e. The molecule has 2 amide bonds. The van der Waals surface area contributed by atoms with Crippen molar-refractivity contribution in [2.75, 3.05) is 32.8 Å². The number of benzene rings is 1. The topological polar surface area (TPSA) is 81.1 Å². The van der Waals surface area contributed by atoms with Crippen molar-refractivity contribution in [1.82, 2.24) is 10.6 Å². The molecule has 1 unspecified atom stereocenters. The summed E-state index contributed by atoms with van der Waals surface area (Å²) in [5, 5.41) is 5.49. The average molecular weight is 362 g/mol. The summed E-state index contributed by atoms with van der Waals surface area (Å²) in [6.07, 6.45) is 2.12. The molecule has 26 heavy (non-hydrogen) atoms. The maximum absolute atomic E-state index is 12.2. The van der Waals surface area contributed by atoms with Crippen molar-refractivity contribution in [3.05, 3.63) is 23.8 Å². The smallest absolute Gasteiger partial charge is 0.275 e. The van der Waals surface area contributed by atoms with Crippen LogP contribution in [-0.4, -0.2) is 50.7 Å². The molecule has 0 aliphatic carbocycles. The second kappa shape index (κ2) is 8.40. The number of carbonyl (C=O) groups excluding carboxylic acids is 2. The third-order valence-corrected chi connectivity index (χ3v) is 4.74. The van der Waals surface area contributed by atoms with E-state index in [0.29, 0.717) is 19.8 Å². The van der Waals surface area contributed by atoms with Crippen LogP contribution in [0.15, 0.2) is 18.2 Å². The predicted molar refractivity (Wildman–Crippen MR) is 96.4 cm³/mol. The normalized spacial score (nSPS) is 21.5. The largest absolute Gasteiger partial charge is 0.486 e. The number of quaternary nitrogens is 1. The fourth-order valence-corrected chi connectivity index (χ4v) is 3.62. The van der Waals surface area contributed by atoms with Gasteiger partial charge in [0.05, 0.1) is 13.1 Å². The standard InChI is InChI=1S/C19H27N3O4/c1-13(2)21-18(23)11-20-19(24)12-22-7-3-4-15(22)14-5-6-16-17(10-14)26-9-8-25-16/h5-6,10,13,15H,3-4,7-9,11-12H2,1-2H3,(H,20,24)(H,21,23)/p+1/t15-/m0/s1. The molecular formula is C19H28N3O4+. The van der Waals surface area contributed by atoms with E-state index in [1.165, 1.54) is 10.5 Å². The lowest BCUT2D eigenvalue weighted by molar-refractivity contribution is -0.910. The van der Waals surface area contributed by atoms with Gasteiger partial charge < -0.3 is 25.0 Å². The van der Waals surface area contributed by atoms with Crippen molar-refractivity contribution >= 4 is 11.8 Å². The summed E-state index contributed by atoms with van der Waals surface area (Å²) in [4.78, 5) is 25.1. The van der Waals surface area contributed by atoms with E-state index in [1.54, 1.807) is 0 Å². The summed E-state index contributed by atoms with van der Waals surface area (Å²) >= 11 is 0. The van der Waals surface area contributed by atoms with E-state index >= 15 is 0 Å². The van der Waals surface area contributed by atoms with E-state index in [1.807, 2.05) is 26.0 Å². The Morgan fingerprint density at radius 1 is 1.19 bits per heavy atom. The Labute approximate surface area is 154 Å². The highest BCUT2D eigenvalue weighted by molar-refractivity contribution is 5.85. The Morgan fingerprint density at radius 3 is 2.73 bits per heavy atom. The first-order valence-corrected chi connectivity index (χ1v) is 9.33. The molecule has 1 aromatic carbocycles. The highest BCUT2D eigenvalue weighted by Crippen LogP contribution is 2.33. The van der Waals surface area contributed by atoms with Gasteiger partial charge in [0.15, 0.2) is 18.0 Å². The Kier molecular flexibility index (Phi) is 5.98. The molecule has 2 atom stereocenters. The van der Waals surface area contributed by atoms with Crippen LogP contribution in [0.3, 0.4) is 0 Å². The molecule has 3 rings (SSSR count). The third-order valence-electron chi connectivity index (χ3n) is 4.74. The van der Waals surface area contributed by atoms with E-state index in [0.717, 1.165) is 30.9 Å². The molecule has 2 heterocycles. The highest BCUT2D eigenvalue weighted by Gasteiger charge is 2.32. The summed E-state index contributed by atoms with van der Waals surface area (Å²) in [5.41, 5.74) is 1.17. The van der Waals surface area contributed by atoms with Gasteiger partial charge in [0.25, 0.3) is 5.91 Å². The van der Waals surface area contributed by atoms with Crippen LogP contribution < -0.4 is 25.0 Å². The molecule has 0 spiro atoms. The zero-order valence-electron chi connectivity index (χ0n) is 15.5. The van der Waals surface area contributed by atoms with E-state index in [9.17, 15) is 9.59 Å². The minimum absolute atomic E-state index is 0.0268. The van der Waals surface area contributed by atoms with Crippen molar-refractivity contribution in [3.8, 4) is 11.5 Å². The van der Waals surface area contributed by atoms with Crippen LogP contribution in [0.1, 0.15) is 38.3 Å². The van der Waals surface area contributed by atoms with Crippen LogP contribution >= 0.6 is 0 Å². The van der Waals surface area contributed by atoms with Gasteiger partial charge in [-0.05, 0) is 32.0 Å². The van der Waals surface area contributed by atoms with E-state index < -0.39 is 0 Å². The first-order chi connectivity index (χ1) is 12.5. The molecule has 3 N–H and O–H groups in total. The van der Waals surface area contributed by atoms with Crippen molar-refractivity contribution in [2.24, 2.45) is 0 Å². The Bertz CT molecular complexity index is 662. The second-order valence-electron chi connectivity index (χ2n) is 7.18. The number of amides is 2. The number of carbonyl (C=O) groups is 2. The molecule has 2 aliphatic heterocycles. The van der Waals surface area contributed by atoms with Gasteiger partial charge in [-0.2, -0.15) is 0 Å². The fraction of sp³-hybridized carbons (Fsp3) is 0.579. The molecule has 1 fully saturated rings. The van der Waals surface area contributed by atoms with Crippen molar-refractivity contribution < 1.29 is 24.0 Å². The summed E-state index contributed by atoms with van der Waals surface area (Å²) in [5.74, 6) is 1.32. The number of hydrogen-bond donors (Lipinski definition) is 3. The van der Waals surface area contributed by atoms with E-state index in [4.69, 9.17) is 9.47 Å². The van der Waals surface area contributed by atoms with E-state index in [2.05, 4.69) is 16.7 Å². The van der Waals surface area contributed by atoms with E-state index in [-0.39, 0.29) is 30.4 Å². The molecule has 142 valence electrons. The van der Waals surface area contributed by atoms with Crippen molar-refractivity contribution in [2.45, 2.75) is 38.8 Å². The first kappa shape index (κ1) is 18.5. The molecule has 1 saturated heterocycles. The Hall–Kier alpha value is -2.28. The summed E-state index contributed by atoms with van der Waals surface area (Å²) in [6.45, 7) is 6.28. The molecule has 2 aliphatic rings. The van der Waals surface area contributed by atoms with Gasteiger partial charge in [-0.3, -0.25) is 9.59 Å². The quantitative estimate of drug-likeness (QED) is 0.656. The number of fused-ring (bicyclic) bond motifs is 1. The number of rotatable bonds is 6. The summed E-state index contributed by atoms with van der Waals surface area (Å²) in [7, 11) is 0. The molecule has 0 bridgehead atoms. The number of ether oxygens (including phenoxy) is 2. The molecule has 0 saturated carbocycles. The molecule has 7 nitrogen and oxygen atoms in total. The van der Waals surface area contributed by atoms with Crippen molar-refractivity contribution in [1.29, 1.82) is 0 Å². The Balaban J connectivity index is 1.56. The van der Waals surface area contributed by atoms with Gasteiger partial charge in [-0.25, -0.2) is 0 Å². The lowest BCUT2D eigenvalue weighted by Crippen LogP contribution is -3.11. The molecule has 0 radical (unpaired) electrons. The number of hydrogen-bond acceptors (Lipinski definition) is 4. The number of likely N-dealkylation sites (tertiary alicyclic amines) is 1. The highest BCUT2D eigenvalue weighted by atomic mass is 16.6. The van der Waals surface area contributed by atoms with Crippen LogP contribution in [0, 0.1) is 0 Å². The Morgan fingerprint density at radius 2 is 1.96 bits per heavy atom. The summed E-state index contributed by atoms with van der Waals surface area (Å²) < 4.78 is 11.3. The molecule has 7 heteroatoms. The fourth-order valence-electron chi connectivity index (χ4n) is 3.62. The average Bonchev–Trinajstić information content (AvgIpc) is 3.07. The minimum atomic E-state index is -0.159. The van der Waals surface area contributed by atoms with Crippen LogP contribution in [0.5, 0.6) is 11.5 Å². The van der Waals surface area contributed by atoms with Crippen LogP contribution in [0.25, 0.3) is 0 Å². The van der Waals surface area contributed by atoms with Gasteiger partial charge in [0, 0.05) is 24.4 Å². The van der Waals surface area contributed by atoms with Gasteiger partial charge >= 0.3 is 0 Å². The molecular weight excluding hydrogens is 334 g/mol. The third kappa shape index (κ3) is 4.66. The monoisotopic (exact) mass is 362 g/mol. The van der Waals surface area contributed by atoms with Crippen LogP contribution in [-0.2, 0) is 9.59 Å². The number of nitrogens with one attached hydrogen (secondary N) is 3. The van der Waals surface area contributed by atoms with Gasteiger partial charge in [0.1, 0.15) is 19.3 Å². The minimum Gasteiger partial charge on any atom is -0.486 e. The zero-order valence-corrected chi connectivity index (χ0v) is 15.5. The van der Waals surface area contributed by atoms with Crippen LogP contribution in [0.2, 0.25) is 0 Å². The van der Waals surface area contributed by atoms with Gasteiger partial charge in [-0.15, -0.1) is 0 Å². The second-order valence-corrected chi connectivity index (χ2v) is 7.18. The van der Waals surface area contributed by atoms with Crippen LogP contribution in [0.4, 0.5) is 0 Å².